The van der Waals surface area contributed by atoms with Crippen molar-refractivity contribution >= 4 is 27.5 Å². The predicted octanol–water partition coefficient (Wildman–Crippen LogP) is -2.99. The van der Waals surface area contributed by atoms with Crippen LogP contribution in [0.4, 0.5) is 0 Å². The Bertz CT molecular complexity index is 11.5. The summed E-state index contributed by atoms with van der Waals surface area (Å²) >= 11 is 0. The first-order valence-electron chi connectivity index (χ1n) is 0. The smallest absolute Gasteiger partial charge is 1.00 e. The fourth-order valence-electron chi connectivity index (χ4n) is 0. The molecular formula is H9AlBeO2. The predicted molar refractivity (Wildman–Crippen MR) is 25.1 cm³/mol. The van der Waals surface area contributed by atoms with E-state index in [4.69, 9.17) is 0 Å². The molecule has 0 saturated heterocycles. The van der Waals surface area contributed by atoms with Crippen LogP contribution in [0.3, 0.4) is 0 Å². The molecule has 4 heteroatoms. The second-order valence-corrected chi connectivity index (χ2v) is 0. The van der Waals surface area contributed by atoms with E-state index in [1.54, 1.807) is 0 Å². The zero-order chi connectivity index (χ0) is 0. The van der Waals surface area contributed by atoms with Crippen molar-refractivity contribution in [3.8, 4) is 0 Å². The Morgan fingerprint density at radius 3 is 1.00 bits per heavy atom. The summed E-state index contributed by atoms with van der Waals surface area (Å²) in [6.07, 6.45) is 0. The van der Waals surface area contributed by atoms with Crippen molar-refractivity contribution in [2.45, 2.75) is 0 Å². The van der Waals surface area contributed by atoms with Gasteiger partial charge < -0.3 is 13.8 Å². The minimum atomic E-state index is 0. The Morgan fingerprint density at radius 1 is 1.00 bits per heavy atom. The van der Waals surface area contributed by atoms with Crippen LogP contribution in [-0.2, 0) is 0 Å². The van der Waals surface area contributed by atoms with Gasteiger partial charge in [0.15, 0.2) is 17.4 Å². The Kier molecular flexibility index (Phi) is 2530. The molecule has 0 fully saturated rings. The maximum absolute atomic E-state index is 0. The second-order valence-electron chi connectivity index (χ2n) is 0. The van der Waals surface area contributed by atoms with E-state index in [9.17, 15) is 0 Å². The second kappa shape index (κ2) is 64.5. The molecule has 4 N–H and O–H groups in total. The molecule has 4 heavy (non-hydrogen) atoms. The molecule has 0 aromatic heterocycles. The molecular weight excluding hydrogens is 68.0 g/mol. The topological polar surface area (TPSA) is 63.0 Å². The van der Waals surface area contributed by atoms with Gasteiger partial charge in [-0.15, -0.1) is 0 Å². The maximum atomic E-state index is 0. The van der Waals surface area contributed by atoms with Crippen LogP contribution in [0.2, 0.25) is 0 Å². The summed E-state index contributed by atoms with van der Waals surface area (Å²) in [5.74, 6) is 0. The monoisotopic (exact) mass is 77.1 g/mol. The zero-order valence-corrected chi connectivity index (χ0v) is 1.71. The van der Waals surface area contributed by atoms with Gasteiger partial charge in [-0.25, -0.2) is 0 Å². The van der Waals surface area contributed by atoms with E-state index in [1.807, 2.05) is 0 Å². The fourth-order valence-corrected chi connectivity index (χ4v) is 0. The van der Waals surface area contributed by atoms with Crippen LogP contribution in [0.1, 0.15) is 2.85 Å². The minimum Gasteiger partial charge on any atom is -1.00 e. The molecule has 0 aliphatic carbocycles. The molecule has 0 aliphatic rings. The SMILES string of the molecule is O.O.[AlH3].[Be+2].[H-].[H-]. The molecule has 0 aromatic rings. The van der Waals surface area contributed by atoms with Crippen molar-refractivity contribution in [3.63, 3.8) is 0 Å². The summed E-state index contributed by atoms with van der Waals surface area (Å²) < 4.78 is 0. The summed E-state index contributed by atoms with van der Waals surface area (Å²) in [5.41, 5.74) is 0. The average molecular weight is 77.1 g/mol. The van der Waals surface area contributed by atoms with Crippen molar-refractivity contribution in [2.75, 3.05) is 0 Å². The fraction of sp³-hybridized carbons (Fsp3) is 0. The van der Waals surface area contributed by atoms with E-state index in [-0.39, 0.29) is 41.3 Å². The van der Waals surface area contributed by atoms with Gasteiger partial charge in [0.2, 0.25) is 0 Å². The van der Waals surface area contributed by atoms with Gasteiger partial charge in [-0.05, 0) is 0 Å². The van der Waals surface area contributed by atoms with Gasteiger partial charge in [0.25, 0.3) is 0 Å². The summed E-state index contributed by atoms with van der Waals surface area (Å²) in [4.78, 5) is 0. The van der Waals surface area contributed by atoms with Crippen LogP contribution in [0.15, 0.2) is 0 Å². The first kappa shape index (κ1) is 157. The number of rotatable bonds is 0. The van der Waals surface area contributed by atoms with Crippen molar-refractivity contribution in [2.24, 2.45) is 0 Å². The molecule has 0 rings (SSSR count). The molecule has 0 heterocycles. The summed E-state index contributed by atoms with van der Waals surface area (Å²) in [5, 5.41) is 0. The molecule has 2 nitrogen and oxygen atoms in total. The largest absolute Gasteiger partial charge is 2.00 e. The Morgan fingerprint density at radius 2 is 1.00 bits per heavy atom. The van der Waals surface area contributed by atoms with Crippen molar-refractivity contribution in [1.82, 2.24) is 0 Å². The van der Waals surface area contributed by atoms with Crippen LogP contribution >= 0.6 is 0 Å². The minimum absolute atomic E-state index is 0. The van der Waals surface area contributed by atoms with Gasteiger partial charge in [0, 0.05) is 0 Å². The van der Waals surface area contributed by atoms with E-state index in [0.29, 0.717) is 0 Å². The van der Waals surface area contributed by atoms with Gasteiger partial charge in [0.05, 0.1) is 0 Å². The first-order chi connectivity index (χ1) is 0. The number of hydrogen-bond donors (Lipinski definition) is 0. The molecule has 0 amide bonds. The summed E-state index contributed by atoms with van der Waals surface area (Å²) in [7, 11) is 0. The van der Waals surface area contributed by atoms with Crippen LogP contribution in [0.5, 0.6) is 0 Å². The van der Waals surface area contributed by atoms with Crippen molar-refractivity contribution < 1.29 is 13.8 Å². The molecule has 0 spiro atoms. The Hall–Kier alpha value is 0.621. The van der Waals surface area contributed by atoms with E-state index in [0.717, 1.165) is 0 Å². The molecule has 0 aliphatic heterocycles. The van der Waals surface area contributed by atoms with Gasteiger partial charge in [-0.1, -0.05) is 0 Å². The standard InChI is InChI=1S/Al.Be.2H2O.5H/h;;2*1H2;;;;;/q;+2;;;;;;2*-1. The van der Waals surface area contributed by atoms with Gasteiger partial charge >= 0.3 is 10.1 Å². The summed E-state index contributed by atoms with van der Waals surface area (Å²) in [6.45, 7) is 0. The molecule has 0 bridgehead atoms. The van der Waals surface area contributed by atoms with Crippen LogP contribution in [0.25, 0.3) is 0 Å². The number of hydrogen-bond acceptors (Lipinski definition) is 0. The first-order valence-corrected chi connectivity index (χ1v) is 0. The molecule has 0 saturated carbocycles. The van der Waals surface area contributed by atoms with E-state index in [2.05, 4.69) is 0 Å². The third-order valence-electron chi connectivity index (χ3n) is 0. The maximum Gasteiger partial charge on any atom is 2.00 e. The molecule has 0 radical (unpaired) electrons. The summed E-state index contributed by atoms with van der Waals surface area (Å²) in [6, 6.07) is 0. The third-order valence-corrected chi connectivity index (χ3v) is 0. The quantitative estimate of drug-likeness (QED) is 0.277. The van der Waals surface area contributed by atoms with Crippen LogP contribution in [-0.4, -0.2) is 38.4 Å². The van der Waals surface area contributed by atoms with Crippen molar-refractivity contribution in [3.05, 3.63) is 0 Å². The molecule has 0 unspecified atom stereocenters. The average Bonchev–Trinajstić information content (AvgIpc) is 0. The molecule has 0 aromatic carbocycles. The third kappa shape index (κ3) is 17.9. The van der Waals surface area contributed by atoms with E-state index >= 15 is 0 Å². The van der Waals surface area contributed by atoms with Gasteiger partial charge in [-0.2, -0.15) is 0 Å². The molecule has 0 atom stereocenters. The van der Waals surface area contributed by atoms with Crippen LogP contribution in [0, 0.1) is 0 Å². The zero-order valence-electron chi connectivity index (χ0n) is 3.71. The van der Waals surface area contributed by atoms with E-state index in [1.165, 1.54) is 0 Å². The molecule has 26 valence electrons. The van der Waals surface area contributed by atoms with E-state index < -0.39 is 0 Å². The van der Waals surface area contributed by atoms with Gasteiger partial charge in [0.1, 0.15) is 0 Å². The Labute approximate surface area is 42.1 Å². The Balaban J connectivity index is 0. The van der Waals surface area contributed by atoms with Crippen molar-refractivity contribution in [1.29, 1.82) is 0 Å². The van der Waals surface area contributed by atoms with Gasteiger partial charge in [-0.3, -0.25) is 0 Å². The normalized spacial score (nSPS) is 0. The van der Waals surface area contributed by atoms with Crippen LogP contribution < -0.4 is 0 Å².